The van der Waals surface area contributed by atoms with E-state index in [1.165, 1.54) is 0 Å². The van der Waals surface area contributed by atoms with Crippen LogP contribution in [0.5, 0.6) is 0 Å². The highest BCUT2D eigenvalue weighted by Crippen LogP contribution is 2.19. The number of nitrogens with one attached hydrogen (secondary N) is 3. The molecule has 0 saturated heterocycles. The van der Waals surface area contributed by atoms with Crippen LogP contribution >= 0.6 is 0 Å². The van der Waals surface area contributed by atoms with Gasteiger partial charge in [-0.2, -0.15) is 0 Å². The van der Waals surface area contributed by atoms with Crippen LogP contribution in [0.3, 0.4) is 0 Å². The lowest BCUT2D eigenvalue weighted by atomic mass is 10.2. The summed E-state index contributed by atoms with van der Waals surface area (Å²) in [6.45, 7) is 6.74. The molecular weight excluding hydrogens is 362 g/mol. The first-order chi connectivity index (χ1) is 14.0. The maximum absolute atomic E-state index is 12.7. The average molecular weight is 390 g/mol. The van der Waals surface area contributed by atoms with E-state index in [9.17, 15) is 4.79 Å². The lowest BCUT2D eigenvalue weighted by Gasteiger charge is -2.14. The molecule has 0 fully saturated rings. The third-order valence-corrected chi connectivity index (χ3v) is 4.28. The zero-order valence-electron chi connectivity index (χ0n) is 17.1. The molecule has 0 aliphatic rings. The molecule has 0 atom stereocenters. The Morgan fingerprint density at radius 3 is 2.45 bits per heavy atom. The van der Waals surface area contributed by atoms with Crippen molar-refractivity contribution in [1.82, 2.24) is 9.97 Å². The van der Waals surface area contributed by atoms with Crippen molar-refractivity contribution in [3.63, 3.8) is 0 Å². The highest BCUT2D eigenvalue weighted by atomic mass is 16.1. The second-order valence-corrected chi connectivity index (χ2v) is 7.18. The molecule has 0 spiro atoms. The Hall–Kier alpha value is -3.41. The van der Waals surface area contributed by atoms with Crippen LogP contribution in [0, 0.1) is 6.92 Å². The number of aryl methyl sites for hydroxylation is 1. The Kier molecular flexibility index (Phi) is 6.79. The predicted octanol–water partition coefficient (Wildman–Crippen LogP) is 4.51. The zero-order valence-corrected chi connectivity index (χ0v) is 17.1. The van der Waals surface area contributed by atoms with E-state index in [1.54, 1.807) is 12.3 Å². The number of carbonyl (C=O) groups excluding carboxylic acids is 1. The standard InChI is InChI=1S/C23H27N5O/c1-16(2)26-22-21(12-7-17(3)27-22)23(29)28-20-10-8-19(9-11-20)25-15-13-18-6-4-5-14-24-18/h4-12,14,16,25H,13,15H2,1-3H3,(H,26,27)(H,28,29). The molecule has 29 heavy (non-hydrogen) atoms. The van der Waals surface area contributed by atoms with Gasteiger partial charge in [0.1, 0.15) is 5.82 Å². The molecule has 0 unspecified atom stereocenters. The first-order valence-corrected chi connectivity index (χ1v) is 9.80. The van der Waals surface area contributed by atoms with Crippen LogP contribution in [0.15, 0.2) is 60.8 Å². The van der Waals surface area contributed by atoms with Gasteiger partial charge < -0.3 is 16.0 Å². The first-order valence-electron chi connectivity index (χ1n) is 9.80. The van der Waals surface area contributed by atoms with E-state index < -0.39 is 0 Å². The number of rotatable bonds is 8. The van der Waals surface area contributed by atoms with Crippen molar-refractivity contribution < 1.29 is 4.79 Å². The molecule has 0 saturated carbocycles. The van der Waals surface area contributed by atoms with E-state index in [0.717, 1.165) is 35.7 Å². The van der Waals surface area contributed by atoms with Crippen LogP contribution in [-0.4, -0.2) is 28.5 Å². The van der Waals surface area contributed by atoms with E-state index in [2.05, 4.69) is 25.9 Å². The fraction of sp³-hybridized carbons (Fsp3) is 0.261. The maximum Gasteiger partial charge on any atom is 0.259 e. The lowest BCUT2D eigenvalue weighted by Crippen LogP contribution is -2.19. The smallest absolute Gasteiger partial charge is 0.259 e. The fourth-order valence-corrected chi connectivity index (χ4v) is 2.87. The van der Waals surface area contributed by atoms with Gasteiger partial charge in [0.2, 0.25) is 0 Å². The minimum atomic E-state index is -0.184. The molecule has 0 aliphatic heterocycles. The lowest BCUT2D eigenvalue weighted by molar-refractivity contribution is 0.102. The average Bonchev–Trinajstić information content (AvgIpc) is 2.70. The van der Waals surface area contributed by atoms with E-state index >= 15 is 0 Å². The first kappa shape index (κ1) is 20.3. The fourth-order valence-electron chi connectivity index (χ4n) is 2.87. The summed E-state index contributed by atoms with van der Waals surface area (Å²) in [6.07, 6.45) is 2.66. The molecule has 6 heteroatoms. The van der Waals surface area contributed by atoms with Gasteiger partial charge in [-0.15, -0.1) is 0 Å². The maximum atomic E-state index is 12.7. The van der Waals surface area contributed by atoms with Crippen molar-refractivity contribution in [2.75, 3.05) is 22.5 Å². The van der Waals surface area contributed by atoms with Crippen LogP contribution in [0.25, 0.3) is 0 Å². The van der Waals surface area contributed by atoms with Gasteiger partial charge in [0.05, 0.1) is 5.56 Å². The number of hydrogen-bond donors (Lipinski definition) is 3. The zero-order chi connectivity index (χ0) is 20.6. The van der Waals surface area contributed by atoms with Crippen molar-refractivity contribution in [3.05, 3.63) is 77.7 Å². The summed E-state index contributed by atoms with van der Waals surface area (Å²) in [5, 5.41) is 9.55. The predicted molar refractivity (Wildman–Crippen MR) is 119 cm³/mol. The molecule has 150 valence electrons. The number of hydrogen-bond acceptors (Lipinski definition) is 5. The van der Waals surface area contributed by atoms with Crippen molar-refractivity contribution in [1.29, 1.82) is 0 Å². The van der Waals surface area contributed by atoms with Crippen LogP contribution in [0.4, 0.5) is 17.2 Å². The number of nitrogens with zero attached hydrogens (tertiary/aromatic N) is 2. The van der Waals surface area contributed by atoms with E-state index in [1.807, 2.05) is 69.3 Å². The summed E-state index contributed by atoms with van der Waals surface area (Å²) >= 11 is 0. The summed E-state index contributed by atoms with van der Waals surface area (Å²) in [6, 6.07) is 17.4. The van der Waals surface area contributed by atoms with Gasteiger partial charge >= 0.3 is 0 Å². The summed E-state index contributed by atoms with van der Waals surface area (Å²) in [4.78, 5) is 21.5. The molecule has 1 amide bonds. The van der Waals surface area contributed by atoms with Gasteiger partial charge in [-0.1, -0.05) is 6.07 Å². The van der Waals surface area contributed by atoms with Crippen LogP contribution in [0.2, 0.25) is 0 Å². The van der Waals surface area contributed by atoms with E-state index in [4.69, 9.17) is 0 Å². The monoisotopic (exact) mass is 389 g/mol. The van der Waals surface area contributed by atoms with Gasteiger partial charge in [0, 0.05) is 48.0 Å². The van der Waals surface area contributed by atoms with Gasteiger partial charge in [0.15, 0.2) is 0 Å². The summed E-state index contributed by atoms with van der Waals surface area (Å²) in [7, 11) is 0. The molecule has 0 bridgehead atoms. The molecule has 6 nitrogen and oxygen atoms in total. The van der Waals surface area contributed by atoms with Crippen molar-refractivity contribution >= 4 is 23.1 Å². The highest BCUT2D eigenvalue weighted by Gasteiger charge is 2.14. The summed E-state index contributed by atoms with van der Waals surface area (Å²) < 4.78 is 0. The van der Waals surface area contributed by atoms with Gasteiger partial charge in [0.25, 0.3) is 5.91 Å². The highest BCUT2D eigenvalue weighted by molar-refractivity contribution is 6.07. The third kappa shape index (κ3) is 6.04. The Labute approximate surface area is 171 Å². The minimum absolute atomic E-state index is 0.184. The second kappa shape index (κ2) is 9.68. The third-order valence-electron chi connectivity index (χ3n) is 4.28. The molecule has 3 N–H and O–H groups in total. The molecule has 0 aliphatic carbocycles. The van der Waals surface area contributed by atoms with Gasteiger partial charge in [-0.25, -0.2) is 4.98 Å². The number of aromatic nitrogens is 2. The summed E-state index contributed by atoms with van der Waals surface area (Å²) in [5.41, 5.74) is 4.19. The Morgan fingerprint density at radius 2 is 1.76 bits per heavy atom. The minimum Gasteiger partial charge on any atom is -0.385 e. The number of amides is 1. The Morgan fingerprint density at radius 1 is 1.00 bits per heavy atom. The molecule has 2 aromatic heterocycles. The molecule has 3 rings (SSSR count). The van der Waals surface area contributed by atoms with Crippen molar-refractivity contribution in [2.24, 2.45) is 0 Å². The summed E-state index contributed by atoms with van der Waals surface area (Å²) in [5.74, 6) is 0.418. The molecule has 1 aromatic carbocycles. The van der Waals surface area contributed by atoms with E-state index in [0.29, 0.717) is 11.4 Å². The molecule has 2 heterocycles. The number of benzene rings is 1. The topological polar surface area (TPSA) is 78.9 Å². The Bertz CT molecular complexity index is 939. The van der Waals surface area contributed by atoms with Crippen molar-refractivity contribution in [2.45, 2.75) is 33.2 Å². The van der Waals surface area contributed by atoms with Crippen LogP contribution in [-0.2, 0) is 6.42 Å². The Balaban J connectivity index is 1.59. The largest absolute Gasteiger partial charge is 0.385 e. The van der Waals surface area contributed by atoms with Crippen LogP contribution in [0.1, 0.15) is 35.6 Å². The second-order valence-electron chi connectivity index (χ2n) is 7.18. The van der Waals surface area contributed by atoms with Crippen molar-refractivity contribution in [3.8, 4) is 0 Å². The van der Waals surface area contributed by atoms with E-state index in [-0.39, 0.29) is 11.9 Å². The molecule has 0 radical (unpaired) electrons. The van der Waals surface area contributed by atoms with Gasteiger partial charge in [-0.3, -0.25) is 9.78 Å². The quantitative estimate of drug-likeness (QED) is 0.528. The normalized spacial score (nSPS) is 10.6. The number of anilines is 3. The van der Waals surface area contributed by atoms with Gasteiger partial charge in [-0.05, 0) is 69.3 Å². The molecule has 3 aromatic rings. The SMILES string of the molecule is Cc1ccc(C(=O)Nc2ccc(NCCc3ccccn3)cc2)c(NC(C)C)n1. The molecular formula is C23H27N5O. The van der Waals surface area contributed by atoms with Crippen LogP contribution < -0.4 is 16.0 Å². The number of pyridine rings is 2. The number of carbonyl (C=O) groups is 1.